The molecule has 1 heterocycles. The van der Waals surface area contributed by atoms with E-state index < -0.39 is 0 Å². The van der Waals surface area contributed by atoms with E-state index in [-0.39, 0.29) is 0 Å². The van der Waals surface area contributed by atoms with Crippen LogP contribution in [0.15, 0.2) is 12.4 Å². The predicted molar refractivity (Wildman–Crippen MR) is 71.4 cm³/mol. The summed E-state index contributed by atoms with van der Waals surface area (Å²) in [5, 5.41) is 3.29. The van der Waals surface area contributed by atoms with Crippen LogP contribution >= 0.6 is 0 Å². The Morgan fingerprint density at radius 3 is 2.72 bits per heavy atom. The van der Waals surface area contributed by atoms with Crippen molar-refractivity contribution in [2.45, 2.75) is 38.6 Å². The molecule has 0 amide bonds. The number of hydrogen-bond acceptors (Lipinski definition) is 4. The SMILES string of the molecule is COCCNCc1cnc(C2CCC(C)C2)nc1. The van der Waals surface area contributed by atoms with Crippen LogP contribution in [-0.2, 0) is 11.3 Å². The standard InChI is InChI=1S/C14H23N3O/c1-11-3-4-13(7-11)14-16-9-12(10-17-14)8-15-5-6-18-2/h9-11,13,15H,3-8H2,1-2H3. The smallest absolute Gasteiger partial charge is 0.131 e. The van der Waals surface area contributed by atoms with E-state index in [0.29, 0.717) is 5.92 Å². The lowest BCUT2D eigenvalue weighted by Crippen LogP contribution is -2.19. The molecule has 1 N–H and O–H groups in total. The van der Waals surface area contributed by atoms with Gasteiger partial charge in [-0.15, -0.1) is 0 Å². The first-order chi connectivity index (χ1) is 8.79. The lowest BCUT2D eigenvalue weighted by Gasteiger charge is -2.09. The van der Waals surface area contributed by atoms with Gasteiger partial charge in [-0.05, 0) is 25.2 Å². The maximum atomic E-state index is 4.98. The summed E-state index contributed by atoms with van der Waals surface area (Å²) in [5.74, 6) is 2.43. The van der Waals surface area contributed by atoms with E-state index in [1.807, 2.05) is 12.4 Å². The Kier molecular flexibility index (Phi) is 5.08. The van der Waals surface area contributed by atoms with Gasteiger partial charge >= 0.3 is 0 Å². The summed E-state index contributed by atoms with van der Waals surface area (Å²) >= 11 is 0. The van der Waals surface area contributed by atoms with Gasteiger partial charge in [0.2, 0.25) is 0 Å². The van der Waals surface area contributed by atoms with Crippen LogP contribution in [0.25, 0.3) is 0 Å². The third-order valence-corrected chi connectivity index (χ3v) is 3.60. The zero-order valence-electron chi connectivity index (χ0n) is 11.4. The van der Waals surface area contributed by atoms with Crippen LogP contribution in [0.3, 0.4) is 0 Å². The van der Waals surface area contributed by atoms with E-state index in [0.717, 1.165) is 37.0 Å². The molecule has 0 spiro atoms. The molecule has 1 aromatic rings. The molecule has 0 radical (unpaired) electrons. The largest absolute Gasteiger partial charge is 0.383 e. The second-order valence-corrected chi connectivity index (χ2v) is 5.23. The van der Waals surface area contributed by atoms with Crippen molar-refractivity contribution in [2.24, 2.45) is 5.92 Å². The van der Waals surface area contributed by atoms with Gasteiger partial charge in [0.15, 0.2) is 0 Å². The van der Waals surface area contributed by atoms with Crippen LogP contribution in [0.4, 0.5) is 0 Å². The van der Waals surface area contributed by atoms with Crippen LogP contribution in [0, 0.1) is 5.92 Å². The molecule has 0 aliphatic heterocycles. The first-order valence-corrected chi connectivity index (χ1v) is 6.80. The fourth-order valence-corrected chi connectivity index (χ4v) is 2.52. The highest BCUT2D eigenvalue weighted by Crippen LogP contribution is 2.35. The van der Waals surface area contributed by atoms with Gasteiger partial charge in [0.1, 0.15) is 5.82 Å². The van der Waals surface area contributed by atoms with Crippen molar-refractivity contribution in [3.8, 4) is 0 Å². The maximum Gasteiger partial charge on any atom is 0.131 e. The Morgan fingerprint density at radius 1 is 1.33 bits per heavy atom. The summed E-state index contributed by atoms with van der Waals surface area (Å²) in [6.45, 7) is 4.72. The fraction of sp³-hybridized carbons (Fsp3) is 0.714. The van der Waals surface area contributed by atoms with E-state index in [9.17, 15) is 0 Å². The average molecular weight is 249 g/mol. The van der Waals surface area contributed by atoms with Crippen LogP contribution in [0.1, 0.15) is 43.5 Å². The monoisotopic (exact) mass is 249 g/mol. The number of ether oxygens (including phenoxy) is 1. The normalized spacial score (nSPS) is 23.4. The minimum Gasteiger partial charge on any atom is -0.383 e. The lowest BCUT2D eigenvalue weighted by atomic mass is 10.1. The number of aromatic nitrogens is 2. The van der Waals surface area contributed by atoms with Gasteiger partial charge in [0, 0.05) is 44.1 Å². The Morgan fingerprint density at radius 2 is 2.11 bits per heavy atom. The summed E-state index contributed by atoms with van der Waals surface area (Å²) in [5.41, 5.74) is 1.14. The molecule has 2 atom stereocenters. The van der Waals surface area contributed by atoms with E-state index in [2.05, 4.69) is 22.2 Å². The maximum absolute atomic E-state index is 4.98. The highest BCUT2D eigenvalue weighted by Gasteiger charge is 2.24. The molecule has 1 aromatic heterocycles. The van der Waals surface area contributed by atoms with Crippen molar-refractivity contribution < 1.29 is 4.74 Å². The topological polar surface area (TPSA) is 47.0 Å². The summed E-state index contributed by atoms with van der Waals surface area (Å²) < 4.78 is 4.98. The van der Waals surface area contributed by atoms with Gasteiger partial charge < -0.3 is 10.1 Å². The fourth-order valence-electron chi connectivity index (χ4n) is 2.52. The Balaban J connectivity index is 1.82. The summed E-state index contributed by atoms with van der Waals surface area (Å²) in [4.78, 5) is 9.02. The summed E-state index contributed by atoms with van der Waals surface area (Å²) in [7, 11) is 1.71. The van der Waals surface area contributed by atoms with Gasteiger partial charge in [-0.1, -0.05) is 6.92 Å². The molecule has 1 aliphatic carbocycles. The van der Waals surface area contributed by atoms with Crippen molar-refractivity contribution >= 4 is 0 Å². The van der Waals surface area contributed by atoms with Gasteiger partial charge in [0.25, 0.3) is 0 Å². The molecule has 2 unspecified atom stereocenters. The molecule has 100 valence electrons. The first kappa shape index (κ1) is 13.4. The lowest BCUT2D eigenvalue weighted by molar-refractivity contribution is 0.199. The van der Waals surface area contributed by atoms with E-state index >= 15 is 0 Å². The quantitative estimate of drug-likeness (QED) is 0.784. The Bertz CT molecular complexity index is 353. The molecule has 1 saturated carbocycles. The molecule has 0 aromatic carbocycles. The van der Waals surface area contributed by atoms with Crippen LogP contribution in [0.2, 0.25) is 0 Å². The molecule has 4 heteroatoms. The molecule has 0 bridgehead atoms. The second-order valence-electron chi connectivity index (χ2n) is 5.23. The van der Waals surface area contributed by atoms with Gasteiger partial charge in [0.05, 0.1) is 6.61 Å². The molecule has 2 rings (SSSR count). The highest BCUT2D eigenvalue weighted by molar-refractivity contribution is 5.08. The number of hydrogen-bond donors (Lipinski definition) is 1. The van der Waals surface area contributed by atoms with Gasteiger partial charge in [-0.3, -0.25) is 0 Å². The first-order valence-electron chi connectivity index (χ1n) is 6.80. The van der Waals surface area contributed by atoms with E-state index in [4.69, 9.17) is 4.74 Å². The number of nitrogens with one attached hydrogen (secondary N) is 1. The van der Waals surface area contributed by atoms with Crippen molar-refractivity contribution in [3.05, 3.63) is 23.8 Å². The molecular formula is C14H23N3O. The number of nitrogens with zero attached hydrogens (tertiary/aromatic N) is 2. The molecule has 1 fully saturated rings. The van der Waals surface area contributed by atoms with Crippen molar-refractivity contribution in [1.29, 1.82) is 0 Å². The Hall–Kier alpha value is -1.00. The van der Waals surface area contributed by atoms with Crippen molar-refractivity contribution in [2.75, 3.05) is 20.3 Å². The third kappa shape index (κ3) is 3.75. The van der Waals surface area contributed by atoms with Crippen molar-refractivity contribution in [3.63, 3.8) is 0 Å². The summed E-state index contributed by atoms with van der Waals surface area (Å²) in [6.07, 6.45) is 7.70. The second kappa shape index (κ2) is 6.81. The highest BCUT2D eigenvalue weighted by atomic mass is 16.5. The zero-order chi connectivity index (χ0) is 12.8. The van der Waals surface area contributed by atoms with Crippen LogP contribution in [0.5, 0.6) is 0 Å². The van der Waals surface area contributed by atoms with Gasteiger partial charge in [-0.2, -0.15) is 0 Å². The molecule has 0 saturated heterocycles. The zero-order valence-corrected chi connectivity index (χ0v) is 11.4. The third-order valence-electron chi connectivity index (χ3n) is 3.60. The average Bonchev–Trinajstić information content (AvgIpc) is 2.82. The van der Waals surface area contributed by atoms with E-state index in [1.54, 1.807) is 7.11 Å². The minimum atomic E-state index is 0.579. The predicted octanol–water partition coefficient (Wildman–Crippen LogP) is 2.12. The molecule has 4 nitrogen and oxygen atoms in total. The molecule has 1 aliphatic rings. The molecule has 18 heavy (non-hydrogen) atoms. The number of methoxy groups -OCH3 is 1. The molecular weight excluding hydrogens is 226 g/mol. The Labute approximate surface area is 109 Å². The van der Waals surface area contributed by atoms with Gasteiger partial charge in [-0.25, -0.2) is 9.97 Å². The number of rotatable bonds is 6. The minimum absolute atomic E-state index is 0.579. The van der Waals surface area contributed by atoms with Crippen LogP contribution < -0.4 is 5.32 Å². The summed E-state index contributed by atoms with van der Waals surface area (Å²) in [6, 6.07) is 0. The van der Waals surface area contributed by atoms with Crippen LogP contribution in [-0.4, -0.2) is 30.2 Å². The van der Waals surface area contributed by atoms with Crippen molar-refractivity contribution in [1.82, 2.24) is 15.3 Å². The van der Waals surface area contributed by atoms with E-state index in [1.165, 1.54) is 19.3 Å².